The van der Waals surface area contributed by atoms with Gasteiger partial charge >= 0.3 is 0 Å². The lowest BCUT2D eigenvalue weighted by atomic mass is 10.1. The Kier molecular flexibility index (Phi) is 4.33. The molecule has 0 aromatic heterocycles. The van der Waals surface area contributed by atoms with Crippen molar-refractivity contribution in [2.24, 2.45) is 0 Å². The maximum atomic E-state index is 13.3. The first kappa shape index (κ1) is 16.8. The van der Waals surface area contributed by atoms with Crippen LogP contribution in [0.2, 0.25) is 5.02 Å². The van der Waals surface area contributed by atoms with E-state index in [0.717, 1.165) is 11.1 Å². The molecule has 0 bridgehead atoms. The quantitative estimate of drug-likeness (QED) is 0.650. The number of hydrogen-bond acceptors (Lipinski definition) is 4. The Labute approximate surface area is 147 Å². The standard InChI is InChI=1S/C17H12ClFN2O4/c1-25-15-7-9(2-5-14(15)22)6-11-16(23)20-21(17(11)24)10-3-4-13(19)12(18)8-10/h2-8,22H,1H3,(H,20,23). The monoisotopic (exact) mass is 362 g/mol. The molecular formula is C17H12ClFN2O4. The van der Waals surface area contributed by atoms with Crippen LogP contribution in [0.1, 0.15) is 5.56 Å². The summed E-state index contributed by atoms with van der Waals surface area (Å²) in [5.41, 5.74) is 3.00. The average Bonchev–Trinajstić information content (AvgIpc) is 2.87. The number of carbonyl (C=O) groups is 2. The van der Waals surface area contributed by atoms with E-state index >= 15 is 0 Å². The van der Waals surface area contributed by atoms with Gasteiger partial charge in [-0.2, -0.15) is 0 Å². The molecule has 1 heterocycles. The number of aromatic hydroxyl groups is 1. The van der Waals surface area contributed by atoms with Gasteiger partial charge in [-0.15, -0.1) is 0 Å². The molecule has 2 aromatic carbocycles. The van der Waals surface area contributed by atoms with Crippen molar-refractivity contribution in [2.45, 2.75) is 0 Å². The van der Waals surface area contributed by atoms with E-state index in [1.54, 1.807) is 0 Å². The number of carbonyl (C=O) groups excluding carboxylic acids is 2. The Morgan fingerprint density at radius 1 is 1.24 bits per heavy atom. The molecule has 8 heteroatoms. The molecule has 0 saturated carbocycles. The van der Waals surface area contributed by atoms with Gasteiger partial charge in [0, 0.05) is 0 Å². The van der Waals surface area contributed by atoms with Crippen molar-refractivity contribution >= 4 is 35.2 Å². The molecule has 25 heavy (non-hydrogen) atoms. The molecule has 3 rings (SSSR count). The minimum absolute atomic E-state index is 0.0607. The van der Waals surface area contributed by atoms with Crippen LogP contribution in [0.5, 0.6) is 11.5 Å². The summed E-state index contributed by atoms with van der Waals surface area (Å²) >= 11 is 5.71. The summed E-state index contributed by atoms with van der Waals surface area (Å²) in [5.74, 6) is -1.70. The van der Waals surface area contributed by atoms with Gasteiger partial charge in [-0.3, -0.25) is 15.0 Å². The molecule has 1 fully saturated rings. The van der Waals surface area contributed by atoms with E-state index in [1.165, 1.54) is 43.5 Å². The van der Waals surface area contributed by atoms with Gasteiger partial charge in [-0.25, -0.2) is 9.40 Å². The van der Waals surface area contributed by atoms with E-state index in [0.29, 0.717) is 5.56 Å². The van der Waals surface area contributed by atoms with Gasteiger partial charge < -0.3 is 9.84 Å². The number of phenolic OH excluding ortho intramolecular Hbond substituents is 1. The molecule has 0 atom stereocenters. The summed E-state index contributed by atoms with van der Waals surface area (Å²) in [4.78, 5) is 24.6. The lowest BCUT2D eigenvalue weighted by Crippen LogP contribution is -2.35. The third-order valence-electron chi connectivity index (χ3n) is 3.57. The maximum absolute atomic E-state index is 13.3. The lowest BCUT2D eigenvalue weighted by molar-refractivity contribution is -0.117. The van der Waals surface area contributed by atoms with Crippen LogP contribution in [0.25, 0.3) is 6.08 Å². The summed E-state index contributed by atoms with van der Waals surface area (Å²) in [6.07, 6.45) is 1.37. The van der Waals surface area contributed by atoms with Gasteiger partial charge in [0.2, 0.25) is 0 Å². The van der Waals surface area contributed by atoms with Crippen LogP contribution in [0.4, 0.5) is 10.1 Å². The number of benzene rings is 2. The normalized spacial score (nSPS) is 15.6. The van der Waals surface area contributed by atoms with Gasteiger partial charge in [0.05, 0.1) is 17.8 Å². The first-order valence-electron chi connectivity index (χ1n) is 7.10. The number of hydrazine groups is 1. The second-order valence-corrected chi connectivity index (χ2v) is 5.58. The molecule has 0 spiro atoms. The van der Waals surface area contributed by atoms with Gasteiger partial charge in [0.25, 0.3) is 11.8 Å². The highest BCUT2D eigenvalue weighted by Gasteiger charge is 2.34. The molecule has 2 aromatic rings. The van der Waals surface area contributed by atoms with E-state index in [9.17, 15) is 19.1 Å². The van der Waals surface area contributed by atoms with Gasteiger partial charge in [0.1, 0.15) is 11.4 Å². The van der Waals surface area contributed by atoms with E-state index in [-0.39, 0.29) is 27.8 Å². The SMILES string of the molecule is COc1cc(C=C2C(=O)NN(c3ccc(F)c(Cl)c3)C2=O)ccc1O. The number of nitrogens with one attached hydrogen (secondary N) is 1. The smallest absolute Gasteiger partial charge is 0.282 e. The highest BCUT2D eigenvalue weighted by atomic mass is 35.5. The first-order chi connectivity index (χ1) is 11.9. The fourth-order valence-electron chi connectivity index (χ4n) is 2.31. The van der Waals surface area contributed by atoms with E-state index in [2.05, 4.69) is 5.43 Å². The topological polar surface area (TPSA) is 78.9 Å². The van der Waals surface area contributed by atoms with Gasteiger partial charge in [-0.05, 0) is 42.0 Å². The number of amides is 2. The molecule has 0 unspecified atom stereocenters. The van der Waals surface area contributed by atoms with Crippen molar-refractivity contribution in [1.29, 1.82) is 0 Å². The first-order valence-corrected chi connectivity index (χ1v) is 7.47. The third kappa shape index (κ3) is 3.14. The minimum Gasteiger partial charge on any atom is -0.504 e. The van der Waals surface area contributed by atoms with Crippen LogP contribution in [0.3, 0.4) is 0 Å². The largest absolute Gasteiger partial charge is 0.504 e. The maximum Gasteiger partial charge on any atom is 0.282 e. The van der Waals surface area contributed by atoms with Crippen LogP contribution in [0.15, 0.2) is 42.0 Å². The molecule has 0 aliphatic carbocycles. The fraction of sp³-hybridized carbons (Fsp3) is 0.0588. The van der Waals surface area contributed by atoms with Crippen molar-refractivity contribution in [1.82, 2.24) is 5.43 Å². The zero-order valence-electron chi connectivity index (χ0n) is 12.9. The highest BCUT2D eigenvalue weighted by molar-refractivity contribution is 6.33. The molecule has 128 valence electrons. The summed E-state index contributed by atoms with van der Waals surface area (Å²) in [6, 6.07) is 8.07. The van der Waals surface area contributed by atoms with Crippen molar-refractivity contribution < 1.29 is 23.8 Å². The summed E-state index contributed by atoms with van der Waals surface area (Å²) in [7, 11) is 1.39. The van der Waals surface area contributed by atoms with Crippen LogP contribution >= 0.6 is 11.6 Å². The zero-order valence-corrected chi connectivity index (χ0v) is 13.7. The average molecular weight is 363 g/mol. The Morgan fingerprint density at radius 2 is 2.00 bits per heavy atom. The number of methoxy groups -OCH3 is 1. The third-order valence-corrected chi connectivity index (χ3v) is 3.86. The second-order valence-electron chi connectivity index (χ2n) is 5.17. The molecular weight excluding hydrogens is 351 g/mol. The molecule has 1 saturated heterocycles. The van der Waals surface area contributed by atoms with Crippen LogP contribution in [0, 0.1) is 5.82 Å². The number of anilines is 1. The highest BCUT2D eigenvalue weighted by Crippen LogP contribution is 2.29. The molecule has 0 radical (unpaired) electrons. The molecule has 1 aliphatic heterocycles. The molecule has 6 nitrogen and oxygen atoms in total. The fourth-order valence-corrected chi connectivity index (χ4v) is 2.49. The molecule has 2 N–H and O–H groups in total. The Balaban J connectivity index is 1.94. The van der Waals surface area contributed by atoms with Crippen molar-refractivity contribution in [3.05, 3.63) is 58.4 Å². The number of ether oxygens (including phenoxy) is 1. The number of hydrogen-bond donors (Lipinski definition) is 2. The Bertz CT molecular complexity index is 914. The van der Waals surface area contributed by atoms with Gasteiger partial charge in [-0.1, -0.05) is 17.7 Å². The number of phenols is 1. The van der Waals surface area contributed by atoms with Crippen LogP contribution < -0.4 is 15.2 Å². The predicted molar refractivity (Wildman–Crippen MR) is 89.7 cm³/mol. The Morgan fingerprint density at radius 3 is 2.68 bits per heavy atom. The van der Waals surface area contributed by atoms with Gasteiger partial charge in [0.15, 0.2) is 11.5 Å². The lowest BCUT2D eigenvalue weighted by Gasteiger charge is -2.14. The second kappa shape index (κ2) is 6.45. The van der Waals surface area contributed by atoms with Crippen LogP contribution in [-0.2, 0) is 9.59 Å². The van der Waals surface area contributed by atoms with Crippen LogP contribution in [-0.4, -0.2) is 24.0 Å². The number of rotatable bonds is 3. The van der Waals surface area contributed by atoms with E-state index in [4.69, 9.17) is 16.3 Å². The summed E-state index contributed by atoms with van der Waals surface area (Å²) in [6.45, 7) is 0. The minimum atomic E-state index is -0.629. The summed E-state index contributed by atoms with van der Waals surface area (Å²) < 4.78 is 18.3. The predicted octanol–water partition coefficient (Wildman–Crippen LogP) is 2.65. The van der Waals surface area contributed by atoms with E-state index < -0.39 is 17.6 Å². The number of nitrogens with zero attached hydrogens (tertiary/aromatic N) is 1. The van der Waals surface area contributed by atoms with E-state index in [1.807, 2.05) is 0 Å². The number of halogens is 2. The molecule has 2 amide bonds. The van der Waals surface area contributed by atoms with Crippen molar-refractivity contribution in [3.63, 3.8) is 0 Å². The van der Waals surface area contributed by atoms with Crippen molar-refractivity contribution in [3.8, 4) is 11.5 Å². The zero-order chi connectivity index (χ0) is 18.1. The Hall–Kier alpha value is -3.06. The molecule has 1 aliphatic rings. The van der Waals surface area contributed by atoms with Crippen molar-refractivity contribution in [2.75, 3.05) is 12.1 Å². The summed E-state index contributed by atoms with van der Waals surface area (Å²) in [5, 5.41) is 10.4.